The first-order chi connectivity index (χ1) is 16.4. The molecule has 170 valence electrons. The Labute approximate surface area is 192 Å². The minimum absolute atomic E-state index is 0.0836. The summed E-state index contributed by atoms with van der Waals surface area (Å²) in [7, 11) is 1.77. The zero-order valence-corrected chi connectivity index (χ0v) is 17.9. The first kappa shape index (κ1) is 21.4. The Bertz CT molecular complexity index is 1340. The number of fused-ring (bicyclic) bond motifs is 1. The van der Waals surface area contributed by atoms with Crippen molar-refractivity contribution >= 4 is 29.0 Å². The molecule has 5 rings (SSSR count). The van der Waals surface area contributed by atoms with Crippen LogP contribution in [0.3, 0.4) is 0 Å². The van der Waals surface area contributed by atoms with E-state index in [-0.39, 0.29) is 29.2 Å². The number of ketones is 2. The van der Waals surface area contributed by atoms with Crippen molar-refractivity contribution in [2.45, 2.75) is 5.41 Å². The molecule has 2 aromatic heterocycles. The van der Waals surface area contributed by atoms with E-state index in [2.05, 4.69) is 25.7 Å². The van der Waals surface area contributed by atoms with Crippen LogP contribution in [0.5, 0.6) is 0 Å². The SMILES string of the molecule is Cn1cc(Nc2ncc3c(n2)NCC3(C(=O)c2ccc(F)cc2)C(=O)c2ccc(F)cc2)cn1. The summed E-state index contributed by atoms with van der Waals surface area (Å²) in [5.74, 6) is -1.52. The number of nitrogens with one attached hydrogen (secondary N) is 2. The highest BCUT2D eigenvalue weighted by atomic mass is 19.1. The molecule has 1 aliphatic heterocycles. The zero-order chi connectivity index (χ0) is 23.9. The number of anilines is 3. The number of aromatic nitrogens is 4. The van der Waals surface area contributed by atoms with E-state index in [0.717, 1.165) is 24.3 Å². The van der Waals surface area contributed by atoms with Gasteiger partial charge in [-0.3, -0.25) is 14.3 Å². The number of nitrogens with zero attached hydrogens (tertiary/aromatic N) is 4. The Morgan fingerprint density at radius 2 is 1.56 bits per heavy atom. The van der Waals surface area contributed by atoms with Gasteiger partial charge in [-0.05, 0) is 48.5 Å². The minimum atomic E-state index is -1.71. The number of benzene rings is 2. The van der Waals surface area contributed by atoms with Crippen molar-refractivity contribution in [2.24, 2.45) is 7.05 Å². The van der Waals surface area contributed by atoms with E-state index in [1.54, 1.807) is 24.1 Å². The molecule has 0 bridgehead atoms. The van der Waals surface area contributed by atoms with Gasteiger partial charge in [-0.1, -0.05) is 0 Å². The van der Waals surface area contributed by atoms with Crippen molar-refractivity contribution in [1.29, 1.82) is 0 Å². The van der Waals surface area contributed by atoms with Crippen LogP contribution in [-0.2, 0) is 12.5 Å². The zero-order valence-electron chi connectivity index (χ0n) is 17.9. The lowest BCUT2D eigenvalue weighted by atomic mass is 9.71. The van der Waals surface area contributed by atoms with Gasteiger partial charge >= 0.3 is 0 Å². The van der Waals surface area contributed by atoms with Crippen LogP contribution in [0.2, 0.25) is 0 Å². The van der Waals surface area contributed by atoms with Gasteiger partial charge in [0.1, 0.15) is 22.9 Å². The summed E-state index contributed by atoms with van der Waals surface area (Å²) in [5, 5.41) is 10.1. The maximum Gasteiger partial charge on any atom is 0.229 e. The fourth-order valence-corrected chi connectivity index (χ4v) is 4.02. The summed E-state index contributed by atoms with van der Waals surface area (Å²) < 4.78 is 28.6. The molecule has 3 heterocycles. The fourth-order valence-electron chi connectivity index (χ4n) is 4.02. The molecule has 34 heavy (non-hydrogen) atoms. The average molecular weight is 460 g/mol. The third kappa shape index (κ3) is 3.58. The second-order valence-electron chi connectivity index (χ2n) is 7.91. The van der Waals surface area contributed by atoms with Gasteiger partial charge in [0.25, 0.3) is 0 Å². The van der Waals surface area contributed by atoms with E-state index in [4.69, 9.17) is 0 Å². The largest absolute Gasteiger partial charge is 0.368 e. The first-order valence-electron chi connectivity index (χ1n) is 10.3. The number of halogens is 2. The van der Waals surface area contributed by atoms with Gasteiger partial charge in [-0.2, -0.15) is 10.1 Å². The molecular weight excluding hydrogens is 442 g/mol. The highest BCUT2D eigenvalue weighted by molar-refractivity contribution is 6.25. The monoisotopic (exact) mass is 460 g/mol. The summed E-state index contributed by atoms with van der Waals surface area (Å²) in [6.45, 7) is -0.0836. The van der Waals surface area contributed by atoms with Crippen LogP contribution in [0.25, 0.3) is 0 Å². The van der Waals surface area contributed by atoms with Gasteiger partial charge in [0.05, 0.1) is 11.9 Å². The molecule has 0 aliphatic carbocycles. The summed E-state index contributed by atoms with van der Waals surface area (Å²) in [5.41, 5.74) is -0.449. The number of Topliss-reactive ketones (excluding diaryl/α,β-unsaturated/α-hetero) is 2. The van der Waals surface area contributed by atoms with Gasteiger partial charge in [0.2, 0.25) is 5.95 Å². The highest BCUT2D eigenvalue weighted by Crippen LogP contribution is 2.41. The molecular formula is C24H18F2N6O2. The molecule has 2 aromatic carbocycles. The predicted molar refractivity (Wildman–Crippen MR) is 120 cm³/mol. The van der Waals surface area contributed by atoms with Gasteiger partial charge in [-0.25, -0.2) is 13.8 Å². The quantitative estimate of drug-likeness (QED) is 0.334. The van der Waals surface area contributed by atoms with Crippen LogP contribution in [0.1, 0.15) is 26.3 Å². The lowest BCUT2D eigenvalue weighted by Gasteiger charge is -2.26. The molecule has 8 nitrogen and oxygen atoms in total. The van der Waals surface area contributed by atoms with E-state index < -0.39 is 28.6 Å². The van der Waals surface area contributed by atoms with Gasteiger partial charge < -0.3 is 10.6 Å². The third-order valence-electron chi connectivity index (χ3n) is 5.72. The molecule has 0 spiro atoms. The number of hydrogen-bond donors (Lipinski definition) is 2. The lowest BCUT2D eigenvalue weighted by molar-refractivity contribution is 0.0778. The first-order valence-corrected chi connectivity index (χ1v) is 10.3. The number of rotatable bonds is 6. The Morgan fingerprint density at radius 1 is 0.971 bits per heavy atom. The fraction of sp³-hybridized carbons (Fsp3) is 0.125. The standard InChI is InChI=1S/C24H18F2N6O2/c1-32-12-18(10-29-32)30-23-27-11-19-22(31-23)28-13-24(19,20(33)14-2-6-16(25)7-3-14)21(34)15-4-8-17(26)9-5-15/h2-12H,13H2,1H3,(H2,27,28,30,31). The Hall–Kier alpha value is -4.47. The van der Waals surface area contributed by atoms with Crippen LogP contribution in [0.4, 0.5) is 26.2 Å². The molecule has 0 atom stereocenters. The predicted octanol–water partition coefficient (Wildman–Crippen LogP) is 3.66. The van der Waals surface area contributed by atoms with Crippen LogP contribution in [-0.4, -0.2) is 37.9 Å². The summed E-state index contributed by atoms with van der Waals surface area (Å²) in [6.07, 6.45) is 4.76. The second-order valence-corrected chi connectivity index (χ2v) is 7.91. The number of carbonyl (C=O) groups excluding carboxylic acids is 2. The minimum Gasteiger partial charge on any atom is -0.368 e. The van der Waals surface area contributed by atoms with E-state index >= 15 is 0 Å². The van der Waals surface area contributed by atoms with Crippen molar-refractivity contribution in [3.05, 3.63) is 95.4 Å². The molecule has 4 aromatic rings. The van der Waals surface area contributed by atoms with Crippen molar-refractivity contribution in [1.82, 2.24) is 19.7 Å². The van der Waals surface area contributed by atoms with Gasteiger partial charge in [-0.15, -0.1) is 0 Å². The normalized spacial score (nSPS) is 13.7. The molecule has 0 unspecified atom stereocenters. The maximum atomic E-state index is 13.8. The summed E-state index contributed by atoms with van der Waals surface area (Å²) in [4.78, 5) is 36.3. The number of aryl methyl sites for hydroxylation is 1. The van der Waals surface area contributed by atoms with E-state index in [0.29, 0.717) is 11.5 Å². The van der Waals surface area contributed by atoms with Crippen molar-refractivity contribution in [2.75, 3.05) is 17.2 Å². The third-order valence-corrected chi connectivity index (χ3v) is 5.72. The Morgan fingerprint density at radius 3 is 2.09 bits per heavy atom. The van der Waals surface area contributed by atoms with Crippen LogP contribution in [0, 0.1) is 11.6 Å². The van der Waals surface area contributed by atoms with Crippen LogP contribution >= 0.6 is 0 Å². The molecule has 1 aliphatic rings. The molecule has 0 saturated carbocycles. The van der Waals surface area contributed by atoms with Crippen molar-refractivity contribution in [3.8, 4) is 0 Å². The lowest BCUT2D eigenvalue weighted by Crippen LogP contribution is -2.46. The molecule has 0 fully saturated rings. The molecule has 0 radical (unpaired) electrons. The van der Waals surface area contributed by atoms with Gasteiger partial charge in [0.15, 0.2) is 11.6 Å². The topological polar surface area (TPSA) is 102 Å². The van der Waals surface area contributed by atoms with E-state index in [1.165, 1.54) is 30.5 Å². The molecule has 0 saturated heterocycles. The smallest absolute Gasteiger partial charge is 0.229 e. The average Bonchev–Trinajstić information content (AvgIpc) is 3.42. The van der Waals surface area contributed by atoms with E-state index in [1.807, 2.05) is 0 Å². The van der Waals surface area contributed by atoms with E-state index in [9.17, 15) is 18.4 Å². The maximum absolute atomic E-state index is 13.8. The molecule has 10 heteroatoms. The van der Waals surface area contributed by atoms with Crippen LogP contribution < -0.4 is 10.6 Å². The van der Waals surface area contributed by atoms with Gasteiger partial charge in [0, 0.05) is 42.7 Å². The summed E-state index contributed by atoms with van der Waals surface area (Å²) in [6, 6.07) is 9.94. The molecule has 0 amide bonds. The van der Waals surface area contributed by atoms with Crippen molar-refractivity contribution < 1.29 is 18.4 Å². The van der Waals surface area contributed by atoms with Crippen molar-refractivity contribution in [3.63, 3.8) is 0 Å². The van der Waals surface area contributed by atoms with Crippen LogP contribution in [0.15, 0.2) is 67.1 Å². The Balaban J connectivity index is 1.60. The highest BCUT2D eigenvalue weighted by Gasteiger charge is 2.53. The summed E-state index contributed by atoms with van der Waals surface area (Å²) >= 11 is 0. The molecule has 2 N–H and O–H groups in total. The number of hydrogen-bond acceptors (Lipinski definition) is 7. The second kappa shape index (κ2) is 8.14. The Kier molecular flexibility index (Phi) is 5.12. The number of carbonyl (C=O) groups is 2.